The molecule has 0 aliphatic rings. The number of phenols is 1. The standard InChI is InChI=1S/C22H15N5O2S/c1-13-18(12-23)22(30-27-13)26-25-19-16-10-6-5-7-14(16)11-17(20(19)28)21(29)24-15-8-3-2-4-9-15/h2-11,28H,1H3,(H,24,29). The number of azo groups is 1. The van der Waals surface area contributed by atoms with Crippen molar-refractivity contribution in [2.24, 2.45) is 10.2 Å². The van der Waals surface area contributed by atoms with Crippen molar-refractivity contribution in [2.75, 3.05) is 5.32 Å². The summed E-state index contributed by atoms with van der Waals surface area (Å²) in [5.41, 5.74) is 1.75. The largest absolute Gasteiger partial charge is 0.505 e. The van der Waals surface area contributed by atoms with Gasteiger partial charge in [-0.05, 0) is 42.0 Å². The van der Waals surface area contributed by atoms with Gasteiger partial charge in [-0.25, -0.2) is 0 Å². The van der Waals surface area contributed by atoms with Crippen LogP contribution in [0.2, 0.25) is 0 Å². The highest BCUT2D eigenvalue weighted by Gasteiger charge is 2.19. The number of fused-ring (bicyclic) bond motifs is 1. The second-order valence-electron chi connectivity index (χ2n) is 6.42. The number of hydrogen-bond acceptors (Lipinski definition) is 7. The molecule has 0 radical (unpaired) electrons. The van der Waals surface area contributed by atoms with Crippen LogP contribution in [0.15, 0.2) is 70.9 Å². The minimum atomic E-state index is -0.466. The molecule has 0 saturated heterocycles. The molecule has 0 aliphatic carbocycles. The fourth-order valence-corrected chi connectivity index (χ4v) is 3.64. The number of carbonyl (C=O) groups excluding carboxylic acids is 1. The van der Waals surface area contributed by atoms with Gasteiger partial charge in [-0.1, -0.05) is 42.5 Å². The molecule has 0 fully saturated rings. The normalized spacial score (nSPS) is 10.9. The highest BCUT2D eigenvalue weighted by Crippen LogP contribution is 2.40. The van der Waals surface area contributed by atoms with E-state index >= 15 is 0 Å². The van der Waals surface area contributed by atoms with Crippen LogP contribution in [0.5, 0.6) is 5.75 Å². The maximum atomic E-state index is 12.8. The topological polar surface area (TPSA) is 111 Å². The quantitative estimate of drug-likeness (QED) is 0.409. The Morgan fingerprint density at radius 3 is 2.63 bits per heavy atom. The molecule has 0 saturated carbocycles. The smallest absolute Gasteiger partial charge is 0.259 e. The maximum Gasteiger partial charge on any atom is 0.259 e. The van der Waals surface area contributed by atoms with Crippen LogP contribution in [-0.4, -0.2) is 15.4 Å². The fraction of sp³-hybridized carbons (Fsp3) is 0.0455. The van der Waals surface area contributed by atoms with Crippen LogP contribution >= 0.6 is 11.5 Å². The van der Waals surface area contributed by atoms with Crippen molar-refractivity contribution in [3.05, 3.63) is 77.5 Å². The lowest BCUT2D eigenvalue weighted by Gasteiger charge is -2.11. The summed E-state index contributed by atoms with van der Waals surface area (Å²) >= 11 is 1.05. The number of nitrogens with one attached hydrogen (secondary N) is 1. The van der Waals surface area contributed by atoms with Crippen LogP contribution in [0.4, 0.5) is 16.4 Å². The molecule has 0 unspecified atom stereocenters. The highest BCUT2D eigenvalue weighted by atomic mass is 32.1. The Morgan fingerprint density at radius 2 is 1.87 bits per heavy atom. The molecular weight excluding hydrogens is 398 g/mol. The van der Waals surface area contributed by atoms with E-state index in [1.165, 1.54) is 0 Å². The first kappa shape index (κ1) is 19.2. The Labute approximate surface area is 176 Å². The average molecular weight is 413 g/mol. The zero-order chi connectivity index (χ0) is 21.1. The molecule has 0 bridgehead atoms. The molecule has 4 aromatic rings. The summed E-state index contributed by atoms with van der Waals surface area (Å²) in [7, 11) is 0. The van der Waals surface area contributed by atoms with Gasteiger partial charge in [0.05, 0.1) is 11.3 Å². The van der Waals surface area contributed by atoms with E-state index in [0.717, 1.165) is 16.9 Å². The molecule has 8 heteroatoms. The zero-order valence-corrected chi connectivity index (χ0v) is 16.6. The van der Waals surface area contributed by atoms with Gasteiger partial charge < -0.3 is 10.4 Å². The lowest BCUT2D eigenvalue weighted by molar-refractivity contribution is 0.102. The molecule has 7 nitrogen and oxygen atoms in total. The van der Waals surface area contributed by atoms with Gasteiger partial charge in [-0.15, -0.1) is 10.2 Å². The van der Waals surface area contributed by atoms with E-state index in [2.05, 4.69) is 26.0 Å². The molecular formula is C22H15N5O2S. The number of phenolic OH excluding ortho intramolecular Hbond substituents is 1. The Balaban J connectivity index is 1.80. The number of benzene rings is 3. The van der Waals surface area contributed by atoms with E-state index in [1.807, 2.05) is 24.3 Å². The van der Waals surface area contributed by atoms with Crippen LogP contribution in [0.25, 0.3) is 10.8 Å². The maximum absolute atomic E-state index is 12.8. The van der Waals surface area contributed by atoms with Gasteiger partial charge in [-0.2, -0.15) is 9.64 Å². The first-order chi connectivity index (χ1) is 14.6. The van der Waals surface area contributed by atoms with E-state index in [9.17, 15) is 15.2 Å². The number of rotatable bonds is 4. The Morgan fingerprint density at radius 1 is 1.13 bits per heavy atom. The zero-order valence-electron chi connectivity index (χ0n) is 15.8. The van der Waals surface area contributed by atoms with E-state index < -0.39 is 5.91 Å². The third kappa shape index (κ3) is 3.62. The second-order valence-corrected chi connectivity index (χ2v) is 7.17. The summed E-state index contributed by atoms with van der Waals surface area (Å²) in [5, 5.41) is 32.9. The van der Waals surface area contributed by atoms with Crippen LogP contribution in [0.1, 0.15) is 21.6 Å². The van der Waals surface area contributed by atoms with Gasteiger partial charge in [0.25, 0.3) is 5.91 Å². The molecule has 30 heavy (non-hydrogen) atoms. The lowest BCUT2D eigenvalue weighted by Crippen LogP contribution is -2.12. The van der Waals surface area contributed by atoms with Gasteiger partial charge >= 0.3 is 0 Å². The monoisotopic (exact) mass is 413 g/mol. The summed E-state index contributed by atoms with van der Waals surface area (Å²) < 4.78 is 4.12. The van der Waals surface area contributed by atoms with Gasteiger partial charge in [0.2, 0.25) is 0 Å². The van der Waals surface area contributed by atoms with Crippen molar-refractivity contribution in [3.8, 4) is 11.8 Å². The Bertz CT molecular complexity index is 1320. The number of aryl methyl sites for hydroxylation is 1. The van der Waals surface area contributed by atoms with Crippen LogP contribution in [0, 0.1) is 18.3 Å². The molecule has 4 rings (SSSR count). The molecule has 1 aromatic heterocycles. The van der Waals surface area contributed by atoms with E-state index in [0.29, 0.717) is 27.3 Å². The molecule has 1 amide bonds. The number of anilines is 1. The highest BCUT2D eigenvalue weighted by molar-refractivity contribution is 7.10. The number of hydrogen-bond donors (Lipinski definition) is 2. The van der Waals surface area contributed by atoms with Crippen LogP contribution in [0.3, 0.4) is 0 Å². The summed E-state index contributed by atoms with van der Waals surface area (Å²) in [6, 6.07) is 19.9. The number of carbonyl (C=O) groups is 1. The Kier molecular flexibility index (Phi) is 5.20. The molecule has 2 N–H and O–H groups in total. The first-order valence-corrected chi connectivity index (χ1v) is 9.75. The van der Waals surface area contributed by atoms with Gasteiger partial charge in [0.15, 0.2) is 10.8 Å². The van der Waals surface area contributed by atoms with Crippen LogP contribution in [-0.2, 0) is 0 Å². The third-order valence-electron chi connectivity index (χ3n) is 4.47. The molecule has 0 atom stereocenters. The fourth-order valence-electron chi connectivity index (χ4n) is 2.96. The van der Waals surface area contributed by atoms with Crippen LogP contribution < -0.4 is 5.32 Å². The minimum absolute atomic E-state index is 0.0764. The van der Waals surface area contributed by atoms with Gasteiger partial charge in [0, 0.05) is 11.1 Å². The van der Waals surface area contributed by atoms with Crippen molar-refractivity contribution in [2.45, 2.75) is 6.92 Å². The number of nitrogens with zero attached hydrogens (tertiary/aromatic N) is 4. The first-order valence-electron chi connectivity index (χ1n) is 8.97. The molecule has 0 aliphatic heterocycles. The summed E-state index contributed by atoms with van der Waals surface area (Å²) in [4.78, 5) is 12.8. The number of nitriles is 1. The van der Waals surface area contributed by atoms with E-state index in [4.69, 9.17) is 0 Å². The van der Waals surface area contributed by atoms with Crippen molar-refractivity contribution >= 4 is 44.6 Å². The number of amides is 1. The van der Waals surface area contributed by atoms with E-state index in [1.54, 1.807) is 43.3 Å². The minimum Gasteiger partial charge on any atom is -0.505 e. The number of aromatic nitrogens is 1. The van der Waals surface area contributed by atoms with Crippen molar-refractivity contribution in [1.29, 1.82) is 5.26 Å². The van der Waals surface area contributed by atoms with E-state index in [-0.39, 0.29) is 17.0 Å². The number of para-hydroxylation sites is 1. The number of aromatic hydroxyl groups is 1. The summed E-state index contributed by atoms with van der Waals surface area (Å²) in [6.45, 7) is 1.72. The van der Waals surface area contributed by atoms with Gasteiger partial charge in [0.1, 0.15) is 17.3 Å². The van der Waals surface area contributed by atoms with Crippen molar-refractivity contribution in [1.82, 2.24) is 4.37 Å². The average Bonchev–Trinajstić information content (AvgIpc) is 3.12. The SMILES string of the molecule is Cc1nsc(N=Nc2c(O)c(C(=O)Nc3ccccc3)cc3ccccc23)c1C#N. The molecule has 146 valence electrons. The second kappa shape index (κ2) is 8.11. The summed E-state index contributed by atoms with van der Waals surface area (Å²) in [6.07, 6.45) is 0. The summed E-state index contributed by atoms with van der Waals surface area (Å²) in [5.74, 6) is -0.752. The predicted molar refractivity (Wildman–Crippen MR) is 116 cm³/mol. The molecule has 3 aromatic carbocycles. The van der Waals surface area contributed by atoms with Crippen molar-refractivity contribution in [3.63, 3.8) is 0 Å². The predicted octanol–water partition coefficient (Wildman–Crippen LogP) is 5.85. The molecule has 0 spiro atoms. The van der Waals surface area contributed by atoms with Crippen molar-refractivity contribution < 1.29 is 9.90 Å². The lowest BCUT2D eigenvalue weighted by atomic mass is 10.0. The Hall–Kier alpha value is -4.09. The molecule has 1 heterocycles. The van der Waals surface area contributed by atoms with Gasteiger partial charge in [-0.3, -0.25) is 4.79 Å². The third-order valence-corrected chi connectivity index (χ3v) is 5.29.